The fourth-order valence-electron chi connectivity index (χ4n) is 2.05. The van der Waals surface area contributed by atoms with E-state index in [4.69, 9.17) is 10.5 Å². The lowest BCUT2D eigenvalue weighted by atomic mass is 9.98. The van der Waals surface area contributed by atoms with Gasteiger partial charge in [-0.1, -0.05) is 19.1 Å². The molecule has 0 spiro atoms. The lowest BCUT2D eigenvalue weighted by molar-refractivity contribution is 0.410. The van der Waals surface area contributed by atoms with Crippen LogP contribution in [0.2, 0.25) is 0 Å². The molecular weight excluding hydrogens is 206 g/mol. The number of benzene rings is 1. The first-order valence-corrected chi connectivity index (χ1v) is 6.30. The SMILES string of the molecule is COc1cccc2c1CSC(C)CC2N. The second-order valence-electron chi connectivity index (χ2n) is 3.99. The molecule has 2 rings (SSSR count). The van der Waals surface area contributed by atoms with Crippen molar-refractivity contribution in [2.45, 2.75) is 30.4 Å². The van der Waals surface area contributed by atoms with Gasteiger partial charge in [0.1, 0.15) is 5.75 Å². The van der Waals surface area contributed by atoms with Crippen LogP contribution in [-0.4, -0.2) is 12.4 Å². The monoisotopic (exact) mass is 223 g/mol. The van der Waals surface area contributed by atoms with Gasteiger partial charge in [0, 0.05) is 22.6 Å². The minimum atomic E-state index is 0.153. The Hall–Kier alpha value is -0.670. The van der Waals surface area contributed by atoms with Crippen LogP contribution in [0.5, 0.6) is 5.75 Å². The van der Waals surface area contributed by atoms with Gasteiger partial charge in [0.25, 0.3) is 0 Å². The van der Waals surface area contributed by atoms with E-state index in [9.17, 15) is 0 Å². The molecular formula is C12H17NOS. The van der Waals surface area contributed by atoms with E-state index in [1.807, 2.05) is 23.9 Å². The van der Waals surface area contributed by atoms with Crippen LogP contribution in [0, 0.1) is 0 Å². The molecule has 3 heteroatoms. The summed E-state index contributed by atoms with van der Waals surface area (Å²) in [6.07, 6.45) is 1.05. The molecule has 15 heavy (non-hydrogen) atoms. The van der Waals surface area contributed by atoms with Gasteiger partial charge in [-0.15, -0.1) is 0 Å². The molecule has 2 nitrogen and oxygen atoms in total. The van der Waals surface area contributed by atoms with Gasteiger partial charge in [0.15, 0.2) is 0 Å². The molecule has 0 amide bonds. The fraction of sp³-hybridized carbons (Fsp3) is 0.500. The van der Waals surface area contributed by atoms with E-state index in [0.717, 1.165) is 17.9 Å². The van der Waals surface area contributed by atoms with Crippen LogP contribution in [-0.2, 0) is 5.75 Å². The minimum absolute atomic E-state index is 0.153. The Morgan fingerprint density at radius 2 is 2.27 bits per heavy atom. The molecule has 1 aromatic carbocycles. The van der Waals surface area contributed by atoms with E-state index >= 15 is 0 Å². The fourth-order valence-corrected chi connectivity index (χ4v) is 3.16. The van der Waals surface area contributed by atoms with E-state index < -0.39 is 0 Å². The quantitative estimate of drug-likeness (QED) is 0.795. The third-order valence-electron chi connectivity index (χ3n) is 2.89. The summed E-state index contributed by atoms with van der Waals surface area (Å²) in [6.45, 7) is 2.24. The van der Waals surface area contributed by atoms with Gasteiger partial charge in [-0.25, -0.2) is 0 Å². The smallest absolute Gasteiger partial charge is 0.123 e. The van der Waals surface area contributed by atoms with Crippen LogP contribution in [0.1, 0.15) is 30.5 Å². The van der Waals surface area contributed by atoms with Crippen molar-refractivity contribution in [1.82, 2.24) is 0 Å². The van der Waals surface area contributed by atoms with Gasteiger partial charge in [0.2, 0.25) is 0 Å². The zero-order valence-electron chi connectivity index (χ0n) is 9.19. The molecule has 0 saturated carbocycles. The van der Waals surface area contributed by atoms with Crippen molar-refractivity contribution >= 4 is 11.8 Å². The van der Waals surface area contributed by atoms with Crippen LogP contribution in [0.25, 0.3) is 0 Å². The molecule has 2 N–H and O–H groups in total. The zero-order valence-corrected chi connectivity index (χ0v) is 10.0. The predicted molar refractivity (Wildman–Crippen MR) is 65.3 cm³/mol. The average molecular weight is 223 g/mol. The summed E-state index contributed by atoms with van der Waals surface area (Å²) in [5, 5.41) is 0.622. The summed E-state index contributed by atoms with van der Waals surface area (Å²) in [6, 6.07) is 6.32. The molecule has 0 aromatic heterocycles. The summed E-state index contributed by atoms with van der Waals surface area (Å²) < 4.78 is 5.38. The molecule has 2 atom stereocenters. The Bertz CT molecular complexity index is 353. The van der Waals surface area contributed by atoms with E-state index in [0.29, 0.717) is 5.25 Å². The standard InChI is InChI=1S/C12H17NOS/c1-8-6-11(13)9-4-3-5-12(14-2)10(9)7-15-8/h3-5,8,11H,6-7,13H2,1-2H3. The normalized spacial score (nSPS) is 25.5. The van der Waals surface area contributed by atoms with Crippen molar-refractivity contribution in [1.29, 1.82) is 0 Å². The Balaban J connectivity index is 2.43. The third kappa shape index (κ3) is 2.13. The predicted octanol–water partition coefficient (Wildman–Crippen LogP) is 2.72. The number of nitrogens with two attached hydrogens (primary N) is 1. The molecule has 0 fully saturated rings. The van der Waals surface area contributed by atoms with E-state index in [1.54, 1.807) is 7.11 Å². The Morgan fingerprint density at radius 1 is 1.47 bits per heavy atom. The number of fused-ring (bicyclic) bond motifs is 1. The first-order chi connectivity index (χ1) is 7.22. The first-order valence-electron chi connectivity index (χ1n) is 5.25. The van der Waals surface area contributed by atoms with E-state index in [-0.39, 0.29) is 6.04 Å². The third-order valence-corrected chi connectivity index (χ3v) is 4.10. The number of rotatable bonds is 1. The van der Waals surface area contributed by atoms with Gasteiger partial charge in [0.05, 0.1) is 7.11 Å². The highest BCUT2D eigenvalue weighted by Gasteiger charge is 2.21. The number of hydrogen-bond donors (Lipinski definition) is 1. The summed E-state index contributed by atoms with van der Waals surface area (Å²) in [5.41, 5.74) is 8.73. The Kier molecular flexibility index (Phi) is 3.22. The van der Waals surface area contributed by atoms with Crippen molar-refractivity contribution in [2.24, 2.45) is 5.73 Å². The van der Waals surface area contributed by atoms with Gasteiger partial charge < -0.3 is 10.5 Å². The van der Waals surface area contributed by atoms with Crippen LogP contribution in [0.3, 0.4) is 0 Å². The molecule has 82 valence electrons. The Labute approximate surface area is 95.2 Å². The molecule has 1 aromatic rings. The highest BCUT2D eigenvalue weighted by Crippen LogP contribution is 2.37. The van der Waals surface area contributed by atoms with Gasteiger partial charge in [-0.2, -0.15) is 11.8 Å². The molecule has 2 unspecified atom stereocenters. The lowest BCUT2D eigenvalue weighted by Crippen LogP contribution is -2.14. The minimum Gasteiger partial charge on any atom is -0.496 e. The van der Waals surface area contributed by atoms with Crippen LogP contribution < -0.4 is 10.5 Å². The second kappa shape index (κ2) is 4.45. The van der Waals surface area contributed by atoms with E-state index in [1.165, 1.54) is 11.1 Å². The maximum atomic E-state index is 6.19. The summed E-state index contributed by atoms with van der Waals surface area (Å²) in [4.78, 5) is 0. The molecule has 0 radical (unpaired) electrons. The summed E-state index contributed by atoms with van der Waals surface area (Å²) >= 11 is 1.95. The van der Waals surface area contributed by atoms with Gasteiger partial charge in [-0.3, -0.25) is 0 Å². The Morgan fingerprint density at radius 3 is 3.00 bits per heavy atom. The summed E-state index contributed by atoms with van der Waals surface area (Å²) in [7, 11) is 1.72. The van der Waals surface area contributed by atoms with Crippen LogP contribution >= 0.6 is 11.8 Å². The van der Waals surface area contributed by atoms with Crippen molar-refractivity contribution in [2.75, 3.05) is 7.11 Å². The van der Waals surface area contributed by atoms with Gasteiger partial charge >= 0.3 is 0 Å². The molecule has 1 aliphatic heterocycles. The van der Waals surface area contributed by atoms with Crippen LogP contribution in [0.4, 0.5) is 0 Å². The topological polar surface area (TPSA) is 35.2 Å². The van der Waals surface area contributed by atoms with Crippen molar-refractivity contribution in [3.05, 3.63) is 29.3 Å². The largest absolute Gasteiger partial charge is 0.496 e. The highest BCUT2D eigenvalue weighted by atomic mass is 32.2. The van der Waals surface area contributed by atoms with Gasteiger partial charge in [-0.05, 0) is 18.1 Å². The first kappa shape index (κ1) is 10.8. The number of methoxy groups -OCH3 is 1. The van der Waals surface area contributed by atoms with Crippen LogP contribution in [0.15, 0.2) is 18.2 Å². The zero-order chi connectivity index (χ0) is 10.8. The number of ether oxygens (including phenoxy) is 1. The second-order valence-corrected chi connectivity index (χ2v) is 5.42. The maximum Gasteiger partial charge on any atom is 0.123 e. The van der Waals surface area contributed by atoms with Crippen molar-refractivity contribution in [3.63, 3.8) is 0 Å². The molecule has 0 saturated heterocycles. The lowest BCUT2D eigenvalue weighted by Gasteiger charge is -2.15. The summed E-state index contributed by atoms with van der Waals surface area (Å²) in [5.74, 6) is 1.98. The number of thioether (sulfide) groups is 1. The molecule has 1 aliphatic rings. The number of hydrogen-bond acceptors (Lipinski definition) is 3. The average Bonchev–Trinajstić information content (AvgIpc) is 2.38. The maximum absolute atomic E-state index is 6.19. The molecule has 1 heterocycles. The van der Waals surface area contributed by atoms with E-state index in [2.05, 4.69) is 13.0 Å². The van der Waals surface area contributed by atoms with Crippen molar-refractivity contribution < 1.29 is 4.74 Å². The highest BCUT2D eigenvalue weighted by molar-refractivity contribution is 7.99. The molecule has 0 bridgehead atoms. The molecule has 0 aliphatic carbocycles. The van der Waals surface area contributed by atoms with Crippen molar-refractivity contribution in [3.8, 4) is 5.75 Å².